The molecule has 0 aliphatic carbocycles. The van der Waals surface area contributed by atoms with Crippen LogP contribution in [0.4, 0.5) is 8.78 Å². The van der Waals surface area contributed by atoms with Crippen molar-refractivity contribution in [2.24, 2.45) is 0 Å². The van der Waals surface area contributed by atoms with Gasteiger partial charge in [0, 0.05) is 11.4 Å². The van der Waals surface area contributed by atoms with Gasteiger partial charge in [0.05, 0.1) is 24.9 Å². The predicted octanol–water partition coefficient (Wildman–Crippen LogP) is 5.19. The summed E-state index contributed by atoms with van der Waals surface area (Å²) in [7, 11) is 0. The standard InChI is InChI=1S/C20H17F2N3O3S/c21-20(22)27-17-8-2-1-7-16(17)19-23-18(28-24-19)13-25(11-14-5-3-9-26-14)12-15-6-4-10-29-15/h1-10,20H,11-13H2. The maximum absolute atomic E-state index is 12.7. The first-order valence-corrected chi connectivity index (χ1v) is 9.69. The van der Waals surface area contributed by atoms with Crippen molar-refractivity contribution in [1.82, 2.24) is 15.0 Å². The number of hydrogen-bond donors (Lipinski definition) is 0. The van der Waals surface area contributed by atoms with E-state index in [0.717, 1.165) is 5.76 Å². The van der Waals surface area contributed by atoms with Crippen molar-refractivity contribution in [2.75, 3.05) is 0 Å². The van der Waals surface area contributed by atoms with Gasteiger partial charge in [0.2, 0.25) is 11.7 Å². The lowest BCUT2D eigenvalue weighted by Gasteiger charge is -2.18. The second-order valence-electron chi connectivity index (χ2n) is 6.19. The average Bonchev–Trinajstić information content (AvgIpc) is 3.45. The SMILES string of the molecule is FC(F)Oc1ccccc1-c1noc(CN(Cc2ccco2)Cc2cccs2)n1. The second kappa shape index (κ2) is 8.97. The largest absolute Gasteiger partial charge is 0.468 e. The van der Waals surface area contributed by atoms with Crippen molar-refractivity contribution in [3.8, 4) is 17.1 Å². The summed E-state index contributed by atoms with van der Waals surface area (Å²) >= 11 is 1.66. The molecule has 0 fully saturated rings. The van der Waals surface area contributed by atoms with E-state index in [1.165, 1.54) is 10.9 Å². The number of thiophene rings is 1. The summed E-state index contributed by atoms with van der Waals surface area (Å²) in [6.07, 6.45) is 1.63. The number of ether oxygens (including phenoxy) is 1. The van der Waals surface area contributed by atoms with E-state index in [-0.39, 0.29) is 11.6 Å². The van der Waals surface area contributed by atoms with Gasteiger partial charge in [0.25, 0.3) is 0 Å². The highest BCUT2D eigenvalue weighted by Crippen LogP contribution is 2.29. The lowest BCUT2D eigenvalue weighted by atomic mass is 10.2. The first kappa shape index (κ1) is 19.3. The van der Waals surface area contributed by atoms with Crippen molar-refractivity contribution < 1.29 is 22.5 Å². The van der Waals surface area contributed by atoms with E-state index in [0.29, 0.717) is 31.1 Å². The number of benzene rings is 1. The molecule has 0 spiro atoms. The summed E-state index contributed by atoms with van der Waals surface area (Å²) in [5, 5.41) is 5.96. The van der Waals surface area contributed by atoms with Crippen molar-refractivity contribution in [2.45, 2.75) is 26.2 Å². The molecule has 0 amide bonds. The van der Waals surface area contributed by atoms with E-state index >= 15 is 0 Å². The zero-order chi connectivity index (χ0) is 20.1. The first-order valence-electron chi connectivity index (χ1n) is 8.81. The Morgan fingerprint density at radius 3 is 2.69 bits per heavy atom. The van der Waals surface area contributed by atoms with E-state index in [9.17, 15) is 8.78 Å². The van der Waals surface area contributed by atoms with Crippen LogP contribution >= 0.6 is 11.3 Å². The Morgan fingerprint density at radius 1 is 1.03 bits per heavy atom. The number of hydrogen-bond acceptors (Lipinski definition) is 7. The Labute approximate surface area is 169 Å². The molecule has 0 unspecified atom stereocenters. The molecule has 0 aliphatic rings. The summed E-state index contributed by atoms with van der Waals surface area (Å²) in [6, 6.07) is 14.1. The number of para-hydroxylation sites is 1. The minimum Gasteiger partial charge on any atom is -0.468 e. The molecule has 0 N–H and O–H groups in total. The van der Waals surface area contributed by atoms with Crippen molar-refractivity contribution >= 4 is 11.3 Å². The molecular weight excluding hydrogens is 400 g/mol. The van der Waals surface area contributed by atoms with Crippen molar-refractivity contribution in [1.29, 1.82) is 0 Å². The molecule has 3 heterocycles. The highest BCUT2D eigenvalue weighted by molar-refractivity contribution is 7.09. The zero-order valence-electron chi connectivity index (χ0n) is 15.2. The van der Waals surface area contributed by atoms with Crippen molar-refractivity contribution in [3.05, 3.63) is 76.7 Å². The third-order valence-corrected chi connectivity index (χ3v) is 4.95. The highest BCUT2D eigenvalue weighted by atomic mass is 32.1. The lowest BCUT2D eigenvalue weighted by molar-refractivity contribution is -0.0494. The summed E-state index contributed by atoms with van der Waals surface area (Å²) in [5.41, 5.74) is 0.346. The van der Waals surface area contributed by atoms with Crippen LogP contribution in [0.1, 0.15) is 16.5 Å². The molecule has 1 aromatic carbocycles. The van der Waals surface area contributed by atoms with Gasteiger partial charge in [-0.25, -0.2) is 0 Å². The minimum atomic E-state index is -2.93. The van der Waals surface area contributed by atoms with Gasteiger partial charge in [0.1, 0.15) is 11.5 Å². The quantitative estimate of drug-likeness (QED) is 0.373. The van der Waals surface area contributed by atoms with Gasteiger partial charge in [-0.2, -0.15) is 13.8 Å². The van der Waals surface area contributed by atoms with E-state index in [1.54, 1.807) is 35.8 Å². The smallest absolute Gasteiger partial charge is 0.387 e. The van der Waals surface area contributed by atoms with Crippen molar-refractivity contribution in [3.63, 3.8) is 0 Å². The highest BCUT2D eigenvalue weighted by Gasteiger charge is 2.18. The molecule has 0 saturated carbocycles. The molecule has 150 valence electrons. The van der Waals surface area contributed by atoms with E-state index < -0.39 is 6.61 Å². The molecule has 9 heteroatoms. The maximum atomic E-state index is 12.7. The number of nitrogens with zero attached hydrogens (tertiary/aromatic N) is 3. The molecule has 6 nitrogen and oxygen atoms in total. The van der Waals surface area contributed by atoms with Gasteiger partial charge < -0.3 is 13.7 Å². The molecule has 0 aliphatic heterocycles. The van der Waals surface area contributed by atoms with Gasteiger partial charge in [-0.1, -0.05) is 23.4 Å². The molecule has 0 bridgehead atoms. The molecule has 0 atom stereocenters. The third kappa shape index (κ3) is 5.07. The van der Waals surface area contributed by atoms with Crippen LogP contribution in [0.3, 0.4) is 0 Å². The molecule has 29 heavy (non-hydrogen) atoms. The summed E-state index contributed by atoms with van der Waals surface area (Å²) in [4.78, 5) is 7.66. The summed E-state index contributed by atoms with van der Waals surface area (Å²) in [6.45, 7) is -1.31. The molecule has 4 rings (SSSR count). The topological polar surface area (TPSA) is 64.5 Å². The number of furan rings is 1. The predicted molar refractivity (Wildman–Crippen MR) is 102 cm³/mol. The fourth-order valence-corrected chi connectivity index (χ4v) is 3.63. The minimum absolute atomic E-state index is 0.000812. The van der Waals surface area contributed by atoms with Crippen LogP contribution in [-0.4, -0.2) is 21.7 Å². The van der Waals surface area contributed by atoms with Gasteiger partial charge in [-0.3, -0.25) is 4.90 Å². The Hall–Kier alpha value is -3.04. The zero-order valence-corrected chi connectivity index (χ0v) is 16.0. The lowest BCUT2D eigenvalue weighted by Crippen LogP contribution is -2.21. The molecule has 0 saturated heterocycles. The molecule has 4 aromatic rings. The maximum Gasteiger partial charge on any atom is 0.387 e. The van der Waals surface area contributed by atoms with Crippen LogP contribution in [0.2, 0.25) is 0 Å². The number of aromatic nitrogens is 2. The molecule has 0 radical (unpaired) electrons. The second-order valence-corrected chi connectivity index (χ2v) is 7.22. The van der Waals surface area contributed by atoms with Crippen LogP contribution in [0.5, 0.6) is 5.75 Å². The molecule has 3 aromatic heterocycles. The Bertz CT molecular complexity index is 983. The fourth-order valence-electron chi connectivity index (χ4n) is 2.88. The van der Waals surface area contributed by atoms with Crippen LogP contribution in [0, 0.1) is 0 Å². The van der Waals surface area contributed by atoms with E-state index in [1.807, 2.05) is 23.6 Å². The van der Waals surface area contributed by atoms with E-state index in [2.05, 4.69) is 25.8 Å². The number of rotatable bonds is 9. The molecular formula is C20H17F2N3O3S. The van der Waals surface area contributed by atoms with Gasteiger partial charge in [0.15, 0.2) is 0 Å². The number of alkyl halides is 2. The fraction of sp³-hybridized carbons (Fsp3) is 0.200. The van der Waals surface area contributed by atoms with Crippen LogP contribution in [0.25, 0.3) is 11.4 Å². The van der Waals surface area contributed by atoms with Gasteiger partial charge >= 0.3 is 6.61 Å². The Balaban J connectivity index is 1.53. The van der Waals surface area contributed by atoms with E-state index in [4.69, 9.17) is 8.94 Å². The van der Waals surface area contributed by atoms with Crippen LogP contribution in [0.15, 0.2) is 69.1 Å². The van der Waals surface area contributed by atoms with Crippen LogP contribution in [-0.2, 0) is 19.6 Å². The monoisotopic (exact) mass is 417 g/mol. The summed E-state index contributed by atoms with van der Waals surface area (Å²) < 4.78 is 40.7. The Kier molecular flexibility index (Phi) is 5.97. The van der Waals surface area contributed by atoms with Gasteiger partial charge in [-0.15, -0.1) is 11.3 Å². The average molecular weight is 417 g/mol. The summed E-state index contributed by atoms with van der Waals surface area (Å²) in [5.74, 6) is 1.39. The normalized spacial score (nSPS) is 11.4. The van der Waals surface area contributed by atoms with Gasteiger partial charge in [-0.05, 0) is 35.7 Å². The van der Waals surface area contributed by atoms with Crippen LogP contribution < -0.4 is 4.74 Å². The number of halogens is 2. The third-order valence-electron chi connectivity index (χ3n) is 4.09. The Morgan fingerprint density at radius 2 is 1.93 bits per heavy atom. The first-order chi connectivity index (χ1) is 14.2.